The Morgan fingerprint density at radius 3 is 2.85 bits per heavy atom. The van der Waals surface area contributed by atoms with E-state index < -0.39 is 16.8 Å². The SMILES string of the molecule is CC(CCS(C)=O)NC(=O)c1csc(/C=C/C(=O)O)c1. The molecule has 0 aromatic carbocycles. The van der Waals surface area contributed by atoms with Crippen LogP contribution in [-0.4, -0.2) is 39.2 Å². The second-order valence-electron chi connectivity index (χ2n) is 4.35. The maximum Gasteiger partial charge on any atom is 0.328 e. The molecular weight excluding hydrogens is 298 g/mol. The molecule has 110 valence electrons. The van der Waals surface area contributed by atoms with Crippen LogP contribution in [0.3, 0.4) is 0 Å². The number of carboxylic acid groups (broad SMARTS) is 1. The minimum Gasteiger partial charge on any atom is -0.478 e. The first kappa shape index (κ1) is 16.6. The van der Waals surface area contributed by atoms with Crippen molar-refractivity contribution in [3.63, 3.8) is 0 Å². The molecule has 0 aliphatic heterocycles. The van der Waals surface area contributed by atoms with Crippen LogP contribution < -0.4 is 5.32 Å². The average molecular weight is 315 g/mol. The number of thiophene rings is 1. The van der Waals surface area contributed by atoms with Crippen LogP contribution in [0.25, 0.3) is 6.08 Å². The molecule has 0 spiro atoms. The van der Waals surface area contributed by atoms with Gasteiger partial charge in [-0.2, -0.15) is 0 Å². The van der Waals surface area contributed by atoms with Crippen molar-refractivity contribution in [3.05, 3.63) is 28.0 Å². The molecule has 5 nitrogen and oxygen atoms in total. The third-order valence-corrected chi connectivity index (χ3v) is 4.20. The predicted molar refractivity (Wildman–Crippen MR) is 81.5 cm³/mol. The Labute approximate surface area is 124 Å². The summed E-state index contributed by atoms with van der Waals surface area (Å²) in [6, 6.07) is 1.59. The zero-order valence-electron chi connectivity index (χ0n) is 11.3. The predicted octanol–water partition coefficient (Wildman–Crippen LogP) is 1.73. The van der Waals surface area contributed by atoms with E-state index in [1.807, 2.05) is 6.92 Å². The van der Waals surface area contributed by atoms with Crippen LogP contribution in [0.5, 0.6) is 0 Å². The van der Waals surface area contributed by atoms with Gasteiger partial charge in [-0.15, -0.1) is 11.3 Å². The quantitative estimate of drug-likeness (QED) is 0.751. The molecule has 2 unspecified atom stereocenters. The Morgan fingerprint density at radius 1 is 1.55 bits per heavy atom. The molecule has 2 atom stereocenters. The summed E-state index contributed by atoms with van der Waals surface area (Å²) in [7, 11) is -0.863. The fraction of sp³-hybridized carbons (Fsp3) is 0.385. The highest BCUT2D eigenvalue weighted by atomic mass is 32.2. The largest absolute Gasteiger partial charge is 0.478 e. The lowest BCUT2D eigenvalue weighted by atomic mass is 10.2. The summed E-state index contributed by atoms with van der Waals surface area (Å²) in [5.74, 6) is -0.672. The first-order valence-corrected chi connectivity index (χ1v) is 8.59. The first-order valence-electron chi connectivity index (χ1n) is 5.99. The van der Waals surface area contributed by atoms with Gasteiger partial charge < -0.3 is 10.4 Å². The van der Waals surface area contributed by atoms with Crippen LogP contribution in [-0.2, 0) is 15.6 Å². The number of nitrogens with one attached hydrogen (secondary N) is 1. The van der Waals surface area contributed by atoms with E-state index in [1.54, 1.807) is 17.7 Å². The molecule has 0 aliphatic rings. The zero-order valence-corrected chi connectivity index (χ0v) is 12.9. The van der Waals surface area contributed by atoms with E-state index in [9.17, 15) is 13.8 Å². The van der Waals surface area contributed by atoms with Gasteiger partial charge in [0.2, 0.25) is 0 Å². The number of hydrogen-bond donors (Lipinski definition) is 2. The highest BCUT2D eigenvalue weighted by Crippen LogP contribution is 2.16. The number of carbonyl (C=O) groups excluding carboxylic acids is 1. The van der Waals surface area contributed by atoms with Gasteiger partial charge >= 0.3 is 5.97 Å². The van der Waals surface area contributed by atoms with Gasteiger partial charge in [-0.05, 0) is 25.5 Å². The molecule has 0 radical (unpaired) electrons. The summed E-state index contributed by atoms with van der Waals surface area (Å²) >= 11 is 1.31. The molecule has 1 aromatic heterocycles. The van der Waals surface area contributed by atoms with E-state index >= 15 is 0 Å². The minimum atomic E-state index is -1.02. The van der Waals surface area contributed by atoms with E-state index in [2.05, 4.69) is 5.32 Å². The lowest BCUT2D eigenvalue weighted by Gasteiger charge is -2.12. The van der Waals surface area contributed by atoms with Crippen molar-refractivity contribution in [1.29, 1.82) is 0 Å². The van der Waals surface area contributed by atoms with Crippen LogP contribution in [0.15, 0.2) is 17.5 Å². The maximum absolute atomic E-state index is 11.9. The van der Waals surface area contributed by atoms with Gasteiger partial charge in [0.25, 0.3) is 5.91 Å². The summed E-state index contributed by atoms with van der Waals surface area (Å²) in [5.41, 5.74) is 0.504. The fourth-order valence-corrected chi connectivity index (χ4v) is 2.90. The Balaban J connectivity index is 2.55. The molecule has 1 heterocycles. The van der Waals surface area contributed by atoms with Crippen LogP contribution in [0, 0.1) is 0 Å². The van der Waals surface area contributed by atoms with Gasteiger partial charge in [0, 0.05) is 45.2 Å². The monoisotopic (exact) mass is 315 g/mol. The lowest BCUT2D eigenvalue weighted by Crippen LogP contribution is -2.33. The Hall–Kier alpha value is -1.47. The van der Waals surface area contributed by atoms with Crippen molar-refractivity contribution in [2.24, 2.45) is 0 Å². The Kier molecular flexibility index (Phi) is 6.60. The number of carboxylic acids is 1. The molecule has 1 rings (SSSR count). The van der Waals surface area contributed by atoms with Crippen LogP contribution >= 0.6 is 11.3 Å². The molecule has 1 aromatic rings. The second kappa shape index (κ2) is 7.96. The number of amides is 1. The van der Waals surface area contributed by atoms with Crippen LogP contribution in [0.4, 0.5) is 0 Å². The van der Waals surface area contributed by atoms with Crippen molar-refractivity contribution in [3.8, 4) is 0 Å². The van der Waals surface area contributed by atoms with Crippen molar-refractivity contribution < 1.29 is 18.9 Å². The third kappa shape index (κ3) is 6.12. The number of hydrogen-bond acceptors (Lipinski definition) is 4. The van der Waals surface area contributed by atoms with Gasteiger partial charge in [-0.3, -0.25) is 9.00 Å². The van der Waals surface area contributed by atoms with Gasteiger partial charge in [0.15, 0.2) is 0 Å². The maximum atomic E-state index is 11.9. The zero-order chi connectivity index (χ0) is 15.1. The Bertz CT molecular complexity index is 536. The first-order chi connectivity index (χ1) is 9.38. The molecule has 1 amide bonds. The highest BCUT2D eigenvalue weighted by molar-refractivity contribution is 7.84. The standard InChI is InChI=1S/C13H17NO4S2/c1-9(5-6-20(2)18)14-13(17)10-7-11(19-8-10)3-4-12(15)16/h3-4,7-9H,5-6H2,1-2H3,(H,14,17)(H,15,16)/b4-3+. The van der Waals surface area contributed by atoms with E-state index in [4.69, 9.17) is 5.11 Å². The van der Waals surface area contributed by atoms with E-state index in [1.165, 1.54) is 17.4 Å². The minimum absolute atomic E-state index is 0.0516. The highest BCUT2D eigenvalue weighted by Gasteiger charge is 2.11. The third-order valence-electron chi connectivity index (χ3n) is 2.49. The lowest BCUT2D eigenvalue weighted by molar-refractivity contribution is -0.131. The van der Waals surface area contributed by atoms with E-state index in [0.29, 0.717) is 22.6 Å². The number of rotatable bonds is 7. The molecule has 0 saturated carbocycles. The molecule has 0 fully saturated rings. The van der Waals surface area contributed by atoms with Crippen molar-refractivity contribution >= 4 is 40.1 Å². The molecule has 2 N–H and O–H groups in total. The van der Waals surface area contributed by atoms with E-state index in [0.717, 1.165) is 6.08 Å². The number of carbonyl (C=O) groups is 2. The van der Waals surface area contributed by atoms with Gasteiger partial charge in [-0.25, -0.2) is 4.79 Å². The van der Waals surface area contributed by atoms with Gasteiger partial charge in [0.1, 0.15) is 0 Å². The normalized spacial score (nSPS) is 14.1. The smallest absolute Gasteiger partial charge is 0.328 e. The van der Waals surface area contributed by atoms with Gasteiger partial charge in [-0.1, -0.05) is 0 Å². The summed E-state index contributed by atoms with van der Waals surface area (Å²) in [4.78, 5) is 23.0. The Morgan fingerprint density at radius 2 is 2.25 bits per heavy atom. The molecule has 0 aliphatic carbocycles. The van der Waals surface area contributed by atoms with Gasteiger partial charge in [0.05, 0.1) is 5.56 Å². The van der Waals surface area contributed by atoms with Crippen LogP contribution in [0.2, 0.25) is 0 Å². The fourth-order valence-electron chi connectivity index (χ4n) is 1.43. The topological polar surface area (TPSA) is 83.5 Å². The van der Waals surface area contributed by atoms with E-state index in [-0.39, 0.29) is 11.9 Å². The van der Waals surface area contributed by atoms with Crippen LogP contribution in [0.1, 0.15) is 28.6 Å². The second-order valence-corrected chi connectivity index (χ2v) is 6.85. The van der Waals surface area contributed by atoms with Crippen molar-refractivity contribution in [2.75, 3.05) is 12.0 Å². The summed E-state index contributed by atoms with van der Waals surface area (Å²) in [6.07, 6.45) is 4.78. The summed E-state index contributed by atoms with van der Waals surface area (Å²) in [5, 5.41) is 13.0. The summed E-state index contributed by atoms with van der Waals surface area (Å²) < 4.78 is 11.0. The molecule has 0 saturated heterocycles. The molecule has 7 heteroatoms. The molecule has 0 bridgehead atoms. The number of aliphatic carboxylic acids is 1. The summed E-state index contributed by atoms with van der Waals surface area (Å²) in [6.45, 7) is 1.86. The molecular formula is C13H17NO4S2. The average Bonchev–Trinajstić information content (AvgIpc) is 2.82. The van der Waals surface area contributed by atoms with Crippen molar-refractivity contribution in [2.45, 2.75) is 19.4 Å². The molecule has 20 heavy (non-hydrogen) atoms. The van der Waals surface area contributed by atoms with Crippen molar-refractivity contribution in [1.82, 2.24) is 5.32 Å².